The number of ether oxygens (including phenoxy) is 1. The molecule has 1 atom stereocenters. The number of aromatic nitrogens is 1. The Balaban J connectivity index is 1.89. The average molecular weight is 303 g/mol. The van der Waals surface area contributed by atoms with Crippen molar-refractivity contribution in [1.29, 1.82) is 0 Å². The third-order valence-electron chi connectivity index (χ3n) is 3.22. The van der Waals surface area contributed by atoms with Gasteiger partial charge in [-0.15, -0.1) is 11.3 Å². The maximum atomic E-state index is 12.3. The smallest absolute Gasteiger partial charge is 0.280 e. The largest absolute Gasteiger partial charge is 0.466 e. The average Bonchev–Trinajstić information content (AvgIpc) is 2.93. The molecule has 108 valence electrons. The highest BCUT2D eigenvalue weighted by Gasteiger charge is 2.47. The van der Waals surface area contributed by atoms with E-state index in [1.807, 2.05) is 13.0 Å². The summed E-state index contributed by atoms with van der Waals surface area (Å²) in [5.74, 6) is -0.590. The van der Waals surface area contributed by atoms with Crippen molar-refractivity contribution in [2.45, 2.75) is 19.4 Å². The number of hydrogen-bond acceptors (Lipinski definition) is 5. The molecule has 1 aromatic heterocycles. The van der Waals surface area contributed by atoms with Crippen LogP contribution in [0.2, 0.25) is 0 Å². The first-order valence-electron chi connectivity index (χ1n) is 6.31. The van der Waals surface area contributed by atoms with E-state index in [1.54, 1.807) is 23.7 Å². The van der Waals surface area contributed by atoms with Crippen LogP contribution in [0.25, 0.3) is 0 Å². The Bertz CT molecular complexity index is 714. The number of rotatable bonds is 2. The van der Waals surface area contributed by atoms with Crippen molar-refractivity contribution < 1.29 is 14.3 Å². The second-order valence-electron chi connectivity index (χ2n) is 4.88. The number of benzene rings is 1. The summed E-state index contributed by atoms with van der Waals surface area (Å²) >= 11 is 1.27. The van der Waals surface area contributed by atoms with E-state index in [0.29, 0.717) is 16.6 Å². The number of amides is 2. The van der Waals surface area contributed by atoms with Gasteiger partial charge in [0.05, 0.1) is 5.69 Å². The number of hydrogen-bond donors (Lipinski definition) is 2. The zero-order chi connectivity index (χ0) is 15.0. The van der Waals surface area contributed by atoms with Crippen LogP contribution in [-0.2, 0) is 9.59 Å². The van der Waals surface area contributed by atoms with Crippen LogP contribution in [0, 0.1) is 6.92 Å². The molecule has 0 fully saturated rings. The lowest BCUT2D eigenvalue weighted by atomic mass is 10.0. The normalized spacial score (nSPS) is 20.2. The van der Waals surface area contributed by atoms with Crippen molar-refractivity contribution in [3.05, 3.63) is 35.3 Å². The van der Waals surface area contributed by atoms with E-state index in [1.165, 1.54) is 18.3 Å². The molecule has 0 spiro atoms. The summed E-state index contributed by atoms with van der Waals surface area (Å²) in [7, 11) is 0. The van der Waals surface area contributed by atoms with Gasteiger partial charge in [0.25, 0.3) is 17.4 Å². The van der Waals surface area contributed by atoms with Gasteiger partial charge in [-0.05, 0) is 31.5 Å². The zero-order valence-corrected chi connectivity index (χ0v) is 12.3. The number of carbonyl (C=O) groups is 2. The highest BCUT2D eigenvalue weighted by atomic mass is 32.1. The minimum atomic E-state index is -1.63. The van der Waals surface area contributed by atoms with Crippen LogP contribution in [0.5, 0.6) is 5.75 Å². The van der Waals surface area contributed by atoms with Crippen molar-refractivity contribution in [3.8, 4) is 5.75 Å². The molecular weight excluding hydrogens is 290 g/mol. The van der Waals surface area contributed by atoms with Crippen molar-refractivity contribution in [1.82, 2.24) is 4.98 Å². The van der Waals surface area contributed by atoms with E-state index in [4.69, 9.17) is 4.74 Å². The van der Waals surface area contributed by atoms with Gasteiger partial charge in [0.15, 0.2) is 5.13 Å². The predicted octanol–water partition coefficient (Wildman–Crippen LogP) is 2.18. The van der Waals surface area contributed by atoms with E-state index >= 15 is 0 Å². The summed E-state index contributed by atoms with van der Waals surface area (Å²) < 4.78 is 5.65. The first kappa shape index (κ1) is 13.6. The Morgan fingerprint density at radius 3 is 3.00 bits per heavy atom. The molecule has 2 N–H and O–H groups in total. The Hall–Kier alpha value is -2.41. The molecule has 0 radical (unpaired) electrons. The second kappa shape index (κ2) is 4.85. The van der Waals surface area contributed by atoms with Gasteiger partial charge in [-0.2, -0.15) is 0 Å². The zero-order valence-electron chi connectivity index (χ0n) is 11.5. The van der Waals surface area contributed by atoms with Gasteiger partial charge < -0.3 is 10.1 Å². The van der Waals surface area contributed by atoms with Crippen molar-refractivity contribution in [3.63, 3.8) is 0 Å². The monoisotopic (exact) mass is 303 g/mol. The van der Waals surface area contributed by atoms with Crippen LogP contribution in [0.1, 0.15) is 12.5 Å². The molecule has 0 saturated heterocycles. The number of thiazole rings is 1. The summed E-state index contributed by atoms with van der Waals surface area (Å²) in [6.45, 7) is 3.35. The second-order valence-corrected chi connectivity index (χ2v) is 5.77. The summed E-state index contributed by atoms with van der Waals surface area (Å²) in [6.07, 6.45) is 1.57. The van der Waals surface area contributed by atoms with Crippen LogP contribution in [-0.4, -0.2) is 22.4 Å². The van der Waals surface area contributed by atoms with E-state index in [9.17, 15) is 9.59 Å². The standard InChI is InChI=1S/C14H13N3O3S/c1-8-3-4-10-9(7-8)16-11(18)14(2,20-10)12(19)17-13-15-5-6-21-13/h3-7H,1-2H3,(H,16,18)(H,15,17,19). The summed E-state index contributed by atoms with van der Waals surface area (Å²) in [5.41, 5.74) is -0.0680. The molecule has 1 aromatic carbocycles. The fourth-order valence-corrected chi connectivity index (χ4v) is 2.51. The fourth-order valence-electron chi connectivity index (χ4n) is 1.99. The van der Waals surface area contributed by atoms with Crippen LogP contribution in [0.4, 0.5) is 10.8 Å². The lowest BCUT2D eigenvalue weighted by Gasteiger charge is -2.33. The van der Waals surface area contributed by atoms with Crippen LogP contribution in [0.3, 0.4) is 0 Å². The molecule has 0 saturated carbocycles. The number of aryl methyl sites for hydroxylation is 1. The van der Waals surface area contributed by atoms with Crippen molar-refractivity contribution in [2.24, 2.45) is 0 Å². The van der Waals surface area contributed by atoms with E-state index < -0.39 is 17.4 Å². The molecule has 7 heteroatoms. The number of nitrogens with one attached hydrogen (secondary N) is 2. The Kier molecular flexibility index (Phi) is 3.13. The first-order valence-corrected chi connectivity index (χ1v) is 7.19. The van der Waals surface area contributed by atoms with Crippen molar-refractivity contribution in [2.75, 3.05) is 10.6 Å². The van der Waals surface area contributed by atoms with Gasteiger partial charge in [-0.3, -0.25) is 14.9 Å². The Morgan fingerprint density at radius 1 is 1.48 bits per heavy atom. The molecule has 1 unspecified atom stereocenters. The topological polar surface area (TPSA) is 80.3 Å². The molecule has 2 amide bonds. The highest BCUT2D eigenvalue weighted by molar-refractivity contribution is 7.13. The lowest BCUT2D eigenvalue weighted by Crippen LogP contribution is -2.56. The van der Waals surface area contributed by atoms with Crippen LogP contribution < -0.4 is 15.4 Å². The minimum absolute atomic E-state index is 0.423. The molecule has 0 bridgehead atoms. The molecule has 6 nitrogen and oxygen atoms in total. The summed E-state index contributed by atoms with van der Waals surface area (Å²) in [4.78, 5) is 28.6. The fraction of sp³-hybridized carbons (Fsp3) is 0.214. The van der Waals surface area contributed by atoms with Gasteiger partial charge in [0.1, 0.15) is 5.75 Å². The van der Waals surface area contributed by atoms with Gasteiger partial charge in [0.2, 0.25) is 0 Å². The van der Waals surface area contributed by atoms with Gasteiger partial charge in [-0.1, -0.05) is 6.07 Å². The number of fused-ring (bicyclic) bond motifs is 1. The predicted molar refractivity (Wildman–Crippen MR) is 79.6 cm³/mol. The Labute approximate surface area is 125 Å². The lowest BCUT2D eigenvalue weighted by molar-refractivity contribution is -0.143. The molecule has 1 aliphatic rings. The van der Waals surface area contributed by atoms with Crippen molar-refractivity contribution >= 4 is 34.0 Å². The molecule has 3 rings (SSSR count). The quantitative estimate of drug-likeness (QED) is 0.833. The Morgan fingerprint density at radius 2 is 2.29 bits per heavy atom. The molecular formula is C14H13N3O3S. The van der Waals surface area contributed by atoms with E-state index in [0.717, 1.165) is 5.56 Å². The molecule has 2 aromatic rings. The minimum Gasteiger partial charge on any atom is -0.466 e. The number of nitrogens with zero attached hydrogens (tertiary/aromatic N) is 1. The third kappa shape index (κ3) is 2.36. The summed E-state index contributed by atoms with van der Waals surface area (Å²) in [6, 6.07) is 5.39. The molecule has 2 heterocycles. The first-order chi connectivity index (χ1) is 9.99. The van der Waals surface area contributed by atoms with E-state index in [-0.39, 0.29) is 0 Å². The van der Waals surface area contributed by atoms with Crippen LogP contribution in [0.15, 0.2) is 29.8 Å². The number of carbonyl (C=O) groups excluding carboxylic acids is 2. The van der Waals surface area contributed by atoms with E-state index in [2.05, 4.69) is 15.6 Å². The molecule has 21 heavy (non-hydrogen) atoms. The summed E-state index contributed by atoms with van der Waals surface area (Å²) in [5, 5.41) is 7.45. The van der Waals surface area contributed by atoms with Gasteiger partial charge in [-0.25, -0.2) is 4.98 Å². The van der Waals surface area contributed by atoms with Gasteiger partial charge in [0, 0.05) is 11.6 Å². The van der Waals surface area contributed by atoms with Crippen LogP contribution >= 0.6 is 11.3 Å². The maximum Gasteiger partial charge on any atom is 0.280 e. The SMILES string of the molecule is Cc1ccc2c(c1)NC(=O)C(C)(C(=O)Nc1nccs1)O2. The third-order valence-corrected chi connectivity index (χ3v) is 3.91. The number of anilines is 2. The highest BCUT2D eigenvalue weighted by Crippen LogP contribution is 2.34. The van der Waals surface area contributed by atoms with Gasteiger partial charge >= 0.3 is 0 Å². The molecule has 0 aliphatic carbocycles. The maximum absolute atomic E-state index is 12.3. The molecule has 1 aliphatic heterocycles.